The van der Waals surface area contributed by atoms with Crippen molar-refractivity contribution in [2.24, 2.45) is 0 Å². The Morgan fingerprint density at radius 2 is 2.09 bits per heavy atom. The van der Waals surface area contributed by atoms with Crippen LogP contribution in [0.25, 0.3) is 0 Å². The van der Waals surface area contributed by atoms with E-state index < -0.39 is 0 Å². The third-order valence-electron chi connectivity index (χ3n) is 3.81. The highest BCUT2D eigenvalue weighted by Gasteiger charge is 2.25. The van der Waals surface area contributed by atoms with Crippen LogP contribution in [0.1, 0.15) is 20.9 Å². The lowest BCUT2D eigenvalue weighted by atomic mass is 10.2. The lowest BCUT2D eigenvalue weighted by molar-refractivity contribution is 0.0622. The molecule has 22 heavy (non-hydrogen) atoms. The summed E-state index contributed by atoms with van der Waals surface area (Å²) in [7, 11) is 0. The molecule has 0 unspecified atom stereocenters. The number of carbonyl (C=O) groups is 1. The molecule has 7 heteroatoms. The minimum absolute atomic E-state index is 0.0448. The van der Waals surface area contributed by atoms with Gasteiger partial charge in [0.25, 0.3) is 5.91 Å². The zero-order valence-corrected chi connectivity index (χ0v) is 13.1. The molecule has 0 spiro atoms. The van der Waals surface area contributed by atoms with E-state index in [1.165, 1.54) is 17.6 Å². The molecule has 1 fully saturated rings. The molecule has 0 radical (unpaired) electrons. The first-order valence-corrected chi connectivity index (χ1v) is 7.96. The van der Waals surface area contributed by atoms with Crippen molar-refractivity contribution in [3.05, 3.63) is 46.2 Å². The van der Waals surface area contributed by atoms with E-state index in [1.807, 2.05) is 17.9 Å². The Hall–Kier alpha value is -1.86. The first kappa shape index (κ1) is 15.1. The number of rotatable bonds is 3. The predicted molar refractivity (Wildman–Crippen MR) is 82.2 cm³/mol. The van der Waals surface area contributed by atoms with E-state index in [4.69, 9.17) is 0 Å². The quantitative estimate of drug-likeness (QED) is 0.867. The maximum Gasteiger partial charge on any atom is 0.275 e. The number of halogens is 1. The molecule has 0 saturated carbocycles. The average molecular weight is 320 g/mol. The highest BCUT2D eigenvalue weighted by Crippen LogP contribution is 2.14. The molecule has 1 aromatic heterocycles. The molecule has 2 heterocycles. The molecule has 1 aromatic carbocycles. The third-order valence-corrected chi connectivity index (χ3v) is 4.44. The maximum absolute atomic E-state index is 13.2. The number of piperazine rings is 1. The molecule has 0 atom stereocenters. The van der Waals surface area contributed by atoms with Gasteiger partial charge in [0.05, 0.1) is 4.88 Å². The van der Waals surface area contributed by atoms with Gasteiger partial charge in [0, 0.05) is 32.7 Å². The number of benzene rings is 1. The zero-order chi connectivity index (χ0) is 15.5. The molecule has 1 saturated heterocycles. The van der Waals surface area contributed by atoms with Crippen molar-refractivity contribution in [1.82, 2.24) is 19.4 Å². The molecule has 0 N–H and O–H groups in total. The van der Waals surface area contributed by atoms with Crippen LogP contribution < -0.4 is 0 Å². The lowest BCUT2D eigenvalue weighted by Crippen LogP contribution is -2.48. The molecular formula is C15H17FN4OS. The number of hydrogen-bond acceptors (Lipinski definition) is 5. The van der Waals surface area contributed by atoms with Gasteiger partial charge in [0.1, 0.15) is 5.82 Å². The van der Waals surface area contributed by atoms with Gasteiger partial charge < -0.3 is 4.90 Å². The zero-order valence-electron chi connectivity index (χ0n) is 12.3. The van der Waals surface area contributed by atoms with Gasteiger partial charge >= 0.3 is 0 Å². The fourth-order valence-electron chi connectivity index (χ4n) is 2.58. The van der Waals surface area contributed by atoms with Crippen LogP contribution >= 0.6 is 11.5 Å². The molecule has 1 aliphatic rings. The van der Waals surface area contributed by atoms with Crippen molar-refractivity contribution in [3.63, 3.8) is 0 Å². The number of aromatic nitrogens is 2. The number of carbonyl (C=O) groups excluding carboxylic acids is 1. The SMILES string of the molecule is Cc1snnc1C(=O)N1CCN(Cc2cccc(F)c2)CC1. The van der Waals surface area contributed by atoms with Gasteiger partial charge in [-0.15, -0.1) is 5.10 Å². The van der Waals surface area contributed by atoms with Crippen LogP contribution in [-0.2, 0) is 6.54 Å². The van der Waals surface area contributed by atoms with Gasteiger partial charge in [-0.3, -0.25) is 9.69 Å². The molecule has 116 valence electrons. The summed E-state index contributed by atoms with van der Waals surface area (Å²) in [6.07, 6.45) is 0. The summed E-state index contributed by atoms with van der Waals surface area (Å²) >= 11 is 1.25. The fourth-order valence-corrected chi connectivity index (χ4v) is 3.04. The van der Waals surface area contributed by atoms with E-state index >= 15 is 0 Å². The largest absolute Gasteiger partial charge is 0.335 e. The molecule has 3 rings (SSSR count). The van der Waals surface area contributed by atoms with Gasteiger partial charge in [-0.2, -0.15) is 0 Å². The maximum atomic E-state index is 13.2. The first-order valence-electron chi connectivity index (χ1n) is 7.18. The van der Waals surface area contributed by atoms with Crippen molar-refractivity contribution in [2.45, 2.75) is 13.5 Å². The summed E-state index contributed by atoms with van der Waals surface area (Å²) in [6.45, 7) is 5.43. The molecule has 1 aliphatic heterocycles. The highest BCUT2D eigenvalue weighted by atomic mass is 32.1. The van der Waals surface area contributed by atoms with Crippen molar-refractivity contribution in [3.8, 4) is 0 Å². The molecule has 1 amide bonds. The first-order chi connectivity index (χ1) is 10.6. The van der Waals surface area contributed by atoms with Crippen LogP contribution in [0.5, 0.6) is 0 Å². The van der Waals surface area contributed by atoms with Crippen molar-refractivity contribution in [2.75, 3.05) is 26.2 Å². The van der Waals surface area contributed by atoms with Crippen LogP contribution in [0, 0.1) is 12.7 Å². The van der Waals surface area contributed by atoms with Gasteiger partial charge in [0.2, 0.25) is 0 Å². The Morgan fingerprint density at radius 3 is 2.73 bits per heavy atom. The van der Waals surface area contributed by atoms with Gasteiger partial charge in [-0.1, -0.05) is 16.6 Å². The molecule has 0 bridgehead atoms. The predicted octanol–water partition coefficient (Wildman–Crippen LogP) is 1.94. The Kier molecular flexibility index (Phi) is 4.44. The normalized spacial score (nSPS) is 16.0. The van der Waals surface area contributed by atoms with E-state index in [1.54, 1.807) is 12.1 Å². The minimum Gasteiger partial charge on any atom is -0.335 e. The summed E-state index contributed by atoms with van der Waals surface area (Å²) in [4.78, 5) is 17.2. The van der Waals surface area contributed by atoms with Gasteiger partial charge in [0.15, 0.2) is 5.69 Å². The van der Waals surface area contributed by atoms with E-state index in [2.05, 4.69) is 14.5 Å². The Labute approximate surface area is 132 Å². The number of nitrogens with zero attached hydrogens (tertiary/aromatic N) is 4. The van der Waals surface area contributed by atoms with Crippen LogP contribution in [0.15, 0.2) is 24.3 Å². The second-order valence-corrected chi connectivity index (χ2v) is 6.33. The number of hydrogen-bond donors (Lipinski definition) is 0. The third kappa shape index (κ3) is 3.31. The molecule has 5 nitrogen and oxygen atoms in total. The average Bonchev–Trinajstić information content (AvgIpc) is 2.93. The second kappa shape index (κ2) is 6.50. The summed E-state index contributed by atoms with van der Waals surface area (Å²) in [6, 6.07) is 6.65. The van der Waals surface area contributed by atoms with Crippen LogP contribution in [-0.4, -0.2) is 51.5 Å². The minimum atomic E-state index is -0.210. The highest BCUT2D eigenvalue weighted by molar-refractivity contribution is 7.05. The summed E-state index contributed by atoms with van der Waals surface area (Å²) < 4.78 is 17.0. The second-order valence-electron chi connectivity index (χ2n) is 5.38. The number of aryl methyl sites for hydroxylation is 1. The number of amides is 1. The lowest BCUT2D eigenvalue weighted by Gasteiger charge is -2.34. The van der Waals surface area contributed by atoms with Crippen LogP contribution in [0.3, 0.4) is 0 Å². The monoisotopic (exact) mass is 320 g/mol. The van der Waals surface area contributed by atoms with Crippen LogP contribution in [0.4, 0.5) is 4.39 Å². The summed E-state index contributed by atoms with van der Waals surface area (Å²) in [5, 5.41) is 3.91. The smallest absolute Gasteiger partial charge is 0.275 e. The van der Waals surface area contributed by atoms with E-state index in [0.29, 0.717) is 25.3 Å². The van der Waals surface area contributed by atoms with Crippen molar-refractivity contribution >= 4 is 17.4 Å². The van der Waals surface area contributed by atoms with Gasteiger partial charge in [-0.05, 0) is 36.2 Å². The molecular weight excluding hydrogens is 303 g/mol. The summed E-state index contributed by atoms with van der Waals surface area (Å²) in [5.74, 6) is -0.255. The molecule has 2 aromatic rings. The molecule has 0 aliphatic carbocycles. The topological polar surface area (TPSA) is 49.3 Å². The Bertz CT molecular complexity index is 667. The summed E-state index contributed by atoms with van der Waals surface area (Å²) in [5.41, 5.74) is 1.42. The van der Waals surface area contributed by atoms with Gasteiger partial charge in [-0.25, -0.2) is 4.39 Å². The van der Waals surface area contributed by atoms with Crippen molar-refractivity contribution in [1.29, 1.82) is 0 Å². The van der Waals surface area contributed by atoms with E-state index in [-0.39, 0.29) is 11.7 Å². The van der Waals surface area contributed by atoms with Crippen LogP contribution in [0.2, 0.25) is 0 Å². The van der Waals surface area contributed by atoms with Crippen molar-refractivity contribution < 1.29 is 9.18 Å². The standard InChI is InChI=1S/C15H17FN4OS/c1-11-14(17-18-22-11)15(21)20-7-5-19(6-8-20)10-12-3-2-4-13(16)9-12/h2-4,9H,5-8,10H2,1H3. The fraction of sp³-hybridized carbons (Fsp3) is 0.400. The van der Waals surface area contributed by atoms with E-state index in [0.717, 1.165) is 23.5 Å². The van der Waals surface area contributed by atoms with E-state index in [9.17, 15) is 9.18 Å². The Morgan fingerprint density at radius 1 is 1.32 bits per heavy atom. The Balaban J connectivity index is 1.56.